The largest absolute Gasteiger partial charge is 0.466 e. The van der Waals surface area contributed by atoms with Gasteiger partial charge in [-0.25, -0.2) is 13.8 Å². The van der Waals surface area contributed by atoms with E-state index >= 15 is 0 Å². The molecular formula is C11H12BrF2NO2. The summed E-state index contributed by atoms with van der Waals surface area (Å²) in [6.07, 6.45) is -1.50. The zero-order valence-corrected chi connectivity index (χ0v) is 11.1. The van der Waals surface area contributed by atoms with Crippen molar-refractivity contribution >= 4 is 21.9 Å². The molecule has 1 aromatic heterocycles. The van der Waals surface area contributed by atoms with E-state index in [9.17, 15) is 13.6 Å². The zero-order chi connectivity index (χ0) is 13.0. The van der Waals surface area contributed by atoms with E-state index in [0.29, 0.717) is 5.56 Å². The van der Waals surface area contributed by atoms with Crippen LogP contribution in [0.3, 0.4) is 0 Å². The second kappa shape index (κ2) is 6.05. The summed E-state index contributed by atoms with van der Waals surface area (Å²) in [6.45, 7) is 3.42. The van der Waals surface area contributed by atoms with Crippen LogP contribution in [0.25, 0.3) is 0 Å². The summed E-state index contributed by atoms with van der Waals surface area (Å²) in [6, 6.07) is 0. The summed E-state index contributed by atoms with van der Waals surface area (Å²) in [5.74, 6) is -0.539. The van der Waals surface area contributed by atoms with Crippen molar-refractivity contribution in [2.45, 2.75) is 26.7 Å². The van der Waals surface area contributed by atoms with Crippen LogP contribution >= 0.6 is 15.9 Å². The highest BCUT2D eigenvalue weighted by molar-refractivity contribution is 9.10. The summed E-state index contributed by atoms with van der Waals surface area (Å²) < 4.78 is 30.8. The van der Waals surface area contributed by atoms with Crippen molar-refractivity contribution in [3.63, 3.8) is 0 Å². The van der Waals surface area contributed by atoms with Gasteiger partial charge < -0.3 is 4.74 Å². The quantitative estimate of drug-likeness (QED) is 0.633. The highest BCUT2D eigenvalue weighted by atomic mass is 79.9. The van der Waals surface area contributed by atoms with Gasteiger partial charge in [0, 0.05) is 17.3 Å². The smallest absolute Gasteiger partial charge is 0.310 e. The molecule has 0 radical (unpaired) electrons. The Morgan fingerprint density at radius 3 is 2.76 bits per heavy atom. The van der Waals surface area contributed by atoms with Crippen LogP contribution in [-0.2, 0) is 16.0 Å². The Morgan fingerprint density at radius 2 is 2.24 bits per heavy atom. The van der Waals surface area contributed by atoms with Gasteiger partial charge in [0.15, 0.2) is 0 Å². The molecule has 0 atom stereocenters. The number of ether oxygens (including phenoxy) is 1. The van der Waals surface area contributed by atoms with Crippen molar-refractivity contribution in [1.82, 2.24) is 4.98 Å². The lowest BCUT2D eigenvalue weighted by Gasteiger charge is -2.12. The first kappa shape index (κ1) is 14.0. The third-order valence-electron chi connectivity index (χ3n) is 2.22. The van der Waals surface area contributed by atoms with Crippen LogP contribution < -0.4 is 0 Å². The molecule has 0 aliphatic heterocycles. The Hall–Kier alpha value is -1.04. The Morgan fingerprint density at radius 1 is 1.59 bits per heavy atom. The predicted molar refractivity (Wildman–Crippen MR) is 62.0 cm³/mol. The van der Waals surface area contributed by atoms with Gasteiger partial charge in [0.25, 0.3) is 6.43 Å². The van der Waals surface area contributed by atoms with E-state index in [2.05, 4.69) is 20.9 Å². The van der Waals surface area contributed by atoms with Crippen LogP contribution in [0.4, 0.5) is 8.78 Å². The Kier molecular flexibility index (Phi) is 4.99. The molecule has 0 fully saturated rings. The molecule has 1 heterocycles. The molecule has 0 unspecified atom stereocenters. The number of aromatic nitrogens is 1. The molecule has 1 rings (SSSR count). The molecule has 3 nitrogen and oxygen atoms in total. The fourth-order valence-corrected chi connectivity index (χ4v) is 1.93. The van der Waals surface area contributed by atoms with E-state index in [-0.39, 0.29) is 28.8 Å². The molecule has 0 aliphatic carbocycles. The molecule has 6 heteroatoms. The molecule has 0 aliphatic rings. The van der Waals surface area contributed by atoms with Gasteiger partial charge >= 0.3 is 5.97 Å². The first-order valence-electron chi connectivity index (χ1n) is 5.05. The van der Waals surface area contributed by atoms with Crippen LogP contribution in [-0.4, -0.2) is 17.6 Å². The molecule has 0 spiro atoms. The van der Waals surface area contributed by atoms with E-state index in [1.807, 2.05) is 0 Å². The molecule has 0 saturated heterocycles. The van der Waals surface area contributed by atoms with Crippen molar-refractivity contribution < 1.29 is 18.3 Å². The number of rotatable bonds is 4. The molecule has 0 amide bonds. The van der Waals surface area contributed by atoms with Crippen molar-refractivity contribution in [2.24, 2.45) is 0 Å². The summed E-state index contributed by atoms with van der Waals surface area (Å²) in [4.78, 5) is 15.2. The number of esters is 1. The third-order valence-corrected chi connectivity index (χ3v) is 2.90. The second-order valence-electron chi connectivity index (χ2n) is 3.41. The number of alkyl halides is 2. The highest BCUT2D eigenvalue weighted by Gasteiger charge is 2.21. The lowest BCUT2D eigenvalue weighted by atomic mass is 10.0. The zero-order valence-electron chi connectivity index (χ0n) is 9.47. The molecule has 17 heavy (non-hydrogen) atoms. The minimum Gasteiger partial charge on any atom is -0.466 e. The monoisotopic (exact) mass is 307 g/mol. The standard InChI is InChI=1S/C11H12BrF2NO2/c1-3-17-8(16)4-7-9(11(13)14)6(2)5-15-10(7)12/h5,11H,3-4H2,1-2H3. The maximum absolute atomic E-state index is 12.9. The van der Waals surface area contributed by atoms with Gasteiger partial charge in [-0.1, -0.05) is 0 Å². The number of carbonyl (C=O) groups excluding carboxylic acids is 1. The fourth-order valence-electron chi connectivity index (χ4n) is 1.48. The SMILES string of the molecule is CCOC(=O)Cc1c(Br)ncc(C)c1C(F)F. The average Bonchev–Trinajstić information content (AvgIpc) is 2.23. The van der Waals surface area contributed by atoms with E-state index in [1.165, 1.54) is 13.1 Å². The number of aryl methyl sites for hydroxylation is 1. The first-order chi connectivity index (χ1) is 7.97. The number of nitrogens with zero attached hydrogens (tertiary/aromatic N) is 1. The average molecular weight is 308 g/mol. The molecule has 0 N–H and O–H groups in total. The lowest BCUT2D eigenvalue weighted by molar-refractivity contribution is -0.142. The molecular weight excluding hydrogens is 296 g/mol. The van der Waals surface area contributed by atoms with Crippen molar-refractivity contribution in [1.29, 1.82) is 0 Å². The minimum absolute atomic E-state index is 0.153. The highest BCUT2D eigenvalue weighted by Crippen LogP contribution is 2.30. The summed E-state index contributed by atoms with van der Waals surface area (Å²) >= 11 is 3.08. The maximum Gasteiger partial charge on any atom is 0.310 e. The number of halogens is 3. The first-order valence-corrected chi connectivity index (χ1v) is 5.84. The summed E-state index contributed by atoms with van der Waals surface area (Å²) in [5, 5.41) is 0. The van der Waals surface area contributed by atoms with Gasteiger partial charge in [0.1, 0.15) is 4.60 Å². The van der Waals surface area contributed by atoms with E-state index in [0.717, 1.165) is 0 Å². The maximum atomic E-state index is 12.9. The van der Waals surface area contributed by atoms with Gasteiger partial charge in [-0.2, -0.15) is 0 Å². The van der Waals surface area contributed by atoms with E-state index in [4.69, 9.17) is 4.74 Å². The number of hydrogen-bond acceptors (Lipinski definition) is 3. The number of pyridine rings is 1. The molecule has 0 bridgehead atoms. The Balaban J connectivity index is 3.12. The topological polar surface area (TPSA) is 39.2 Å². The molecule has 1 aromatic rings. The van der Waals surface area contributed by atoms with E-state index < -0.39 is 12.4 Å². The van der Waals surface area contributed by atoms with Crippen LogP contribution in [0.1, 0.15) is 30.0 Å². The van der Waals surface area contributed by atoms with Gasteiger partial charge in [-0.05, 0) is 35.3 Å². The number of carbonyl (C=O) groups is 1. The minimum atomic E-state index is -2.64. The Bertz CT molecular complexity index is 424. The molecule has 94 valence electrons. The third kappa shape index (κ3) is 3.46. The van der Waals surface area contributed by atoms with E-state index in [1.54, 1.807) is 6.92 Å². The van der Waals surface area contributed by atoms with Crippen molar-refractivity contribution in [3.8, 4) is 0 Å². The summed E-state index contributed by atoms with van der Waals surface area (Å²) in [5.41, 5.74) is 0.404. The van der Waals surface area contributed by atoms with Crippen LogP contribution in [0.15, 0.2) is 10.8 Å². The second-order valence-corrected chi connectivity index (χ2v) is 4.16. The van der Waals surface area contributed by atoms with Crippen LogP contribution in [0.2, 0.25) is 0 Å². The Labute approximate surface area is 106 Å². The van der Waals surface area contributed by atoms with Gasteiger partial charge in [0.05, 0.1) is 13.0 Å². The predicted octanol–water partition coefficient (Wildman–Crippen LogP) is 3.20. The fraction of sp³-hybridized carbons (Fsp3) is 0.455. The van der Waals surface area contributed by atoms with Crippen molar-refractivity contribution in [2.75, 3.05) is 6.61 Å². The number of hydrogen-bond donors (Lipinski definition) is 0. The molecule has 0 saturated carbocycles. The van der Waals surface area contributed by atoms with Crippen LogP contribution in [0.5, 0.6) is 0 Å². The van der Waals surface area contributed by atoms with Gasteiger partial charge in [-0.15, -0.1) is 0 Å². The lowest BCUT2D eigenvalue weighted by Crippen LogP contribution is -2.11. The van der Waals surface area contributed by atoms with Gasteiger partial charge in [0.2, 0.25) is 0 Å². The normalized spacial score (nSPS) is 10.7. The van der Waals surface area contributed by atoms with Gasteiger partial charge in [-0.3, -0.25) is 4.79 Å². The van der Waals surface area contributed by atoms with Crippen molar-refractivity contribution in [3.05, 3.63) is 27.5 Å². The van der Waals surface area contributed by atoms with Crippen LogP contribution in [0, 0.1) is 6.92 Å². The summed E-state index contributed by atoms with van der Waals surface area (Å²) in [7, 11) is 0. The molecule has 0 aromatic carbocycles.